The third kappa shape index (κ3) is 4.62. The highest BCUT2D eigenvalue weighted by molar-refractivity contribution is 8.14. The summed E-state index contributed by atoms with van der Waals surface area (Å²) < 4.78 is 4.85. The minimum Gasteiger partial charge on any atom is -0.452 e. The van der Waals surface area contributed by atoms with E-state index in [1.807, 2.05) is 0 Å². The van der Waals surface area contributed by atoms with Crippen molar-refractivity contribution in [2.24, 2.45) is 0 Å². The molecule has 128 valence electrons. The summed E-state index contributed by atoms with van der Waals surface area (Å²) in [5, 5.41) is 2.44. The Morgan fingerprint density at radius 2 is 2.12 bits per heavy atom. The fourth-order valence-corrected chi connectivity index (χ4v) is 2.79. The minimum absolute atomic E-state index is 0.0700. The van der Waals surface area contributed by atoms with E-state index in [0.29, 0.717) is 5.02 Å². The molecule has 1 heterocycles. The van der Waals surface area contributed by atoms with Crippen LogP contribution in [0.1, 0.15) is 10.4 Å². The van der Waals surface area contributed by atoms with Gasteiger partial charge in [-0.3, -0.25) is 19.3 Å². The second kappa shape index (κ2) is 8.02. The number of thioether (sulfide) groups is 1. The van der Waals surface area contributed by atoms with Gasteiger partial charge in [0.15, 0.2) is 6.61 Å². The maximum atomic E-state index is 11.8. The molecule has 1 aromatic carbocycles. The maximum absolute atomic E-state index is 11.8. The average Bonchev–Trinajstić information content (AvgIpc) is 2.86. The lowest BCUT2D eigenvalue weighted by molar-refractivity contribution is -0.126. The van der Waals surface area contributed by atoms with Crippen molar-refractivity contribution in [3.63, 3.8) is 0 Å². The summed E-state index contributed by atoms with van der Waals surface area (Å²) in [5.74, 6) is -1.50. The normalized spacial score (nSPS) is 14.0. The van der Waals surface area contributed by atoms with E-state index < -0.39 is 18.5 Å². The van der Waals surface area contributed by atoms with Crippen molar-refractivity contribution >= 4 is 52.1 Å². The van der Waals surface area contributed by atoms with Crippen LogP contribution in [0.25, 0.3) is 0 Å². The number of rotatable bonds is 6. The summed E-state index contributed by atoms with van der Waals surface area (Å²) in [5.41, 5.74) is 5.90. The molecule has 1 saturated heterocycles. The van der Waals surface area contributed by atoms with Gasteiger partial charge in [0.1, 0.15) is 0 Å². The Balaban J connectivity index is 1.75. The molecular formula is C14H14ClN3O5S. The van der Waals surface area contributed by atoms with Crippen molar-refractivity contribution < 1.29 is 23.9 Å². The van der Waals surface area contributed by atoms with E-state index in [1.54, 1.807) is 0 Å². The van der Waals surface area contributed by atoms with E-state index >= 15 is 0 Å². The molecule has 24 heavy (non-hydrogen) atoms. The molecule has 0 radical (unpaired) electrons. The Hall–Kier alpha value is -2.26. The molecule has 3 amide bonds. The standard InChI is InChI=1S/C14H14ClN3O5S/c15-8-1-2-10(16)9(5-8)13(21)23-6-11(19)17-3-4-18-12(20)7-24-14(18)22/h1-2,5H,3-4,6-7,16H2,(H,17,19). The van der Waals surface area contributed by atoms with Gasteiger partial charge in [-0.25, -0.2) is 4.79 Å². The van der Waals surface area contributed by atoms with Crippen LogP contribution in [0, 0.1) is 0 Å². The molecule has 1 aliphatic heterocycles. The van der Waals surface area contributed by atoms with E-state index in [9.17, 15) is 19.2 Å². The van der Waals surface area contributed by atoms with Crippen LogP contribution in [0.2, 0.25) is 5.02 Å². The number of hydrogen-bond acceptors (Lipinski definition) is 7. The van der Waals surface area contributed by atoms with Gasteiger partial charge >= 0.3 is 5.97 Å². The van der Waals surface area contributed by atoms with Crippen LogP contribution in [-0.2, 0) is 14.3 Å². The van der Waals surface area contributed by atoms with Gasteiger partial charge in [0.25, 0.3) is 11.1 Å². The fourth-order valence-electron chi connectivity index (χ4n) is 1.87. The Labute approximate surface area is 146 Å². The molecule has 0 atom stereocenters. The Morgan fingerprint density at radius 3 is 2.79 bits per heavy atom. The number of anilines is 1. The van der Waals surface area contributed by atoms with Gasteiger partial charge in [0.2, 0.25) is 5.91 Å². The molecule has 0 saturated carbocycles. The number of halogens is 1. The van der Waals surface area contributed by atoms with Crippen molar-refractivity contribution in [2.75, 3.05) is 31.2 Å². The molecule has 0 spiro atoms. The van der Waals surface area contributed by atoms with E-state index in [2.05, 4.69) is 5.32 Å². The summed E-state index contributed by atoms with van der Waals surface area (Å²) >= 11 is 6.69. The van der Waals surface area contributed by atoms with Gasteiger partial charge < -0.3 is 15.8 Å². The molecule has 2 rings (SSSR count). The molecule has 10 heteroatoms. The second-order valence-corrected chi connectivity index (χ2v) is 6.12. The summed E-state index contributed by atoms with van der Waals surface area (Å²) in [6.07, 6.45) is 0. The lowest BCUT2D eigenvalue weighted by Gasteiger charge is -2.13. The number of nitrogens with zero attached hydrogens (tertiary/aromatic N) is 1. The van der Waals surface area contributed by atoms with Gasteiger partial charge in [-0.05, 0) is 18.2 Å². The number of nitrogens with two attached hydrogens (primary N) is 1. The van der Waals surface area contributed by atoms with Crippen molar-refractivity contribution in [1.82, 2.24) is 10.2 Å². The Kier molecular flexibility index (Phi) is 6.04. The number of carbonyl (C=O) groups is 4. The number of imide groups is 1. The summed E-state index contributed by atoms with van der Waals surface area (Å²) in [6.45, 7) is -0.360. The van der Waals surface area contributed by atoms with Crippen LogP contribution in [0.3, 0.4) is 0 Å². The first-order valence-electron chi connectivity index (χ1n) is 6.84. The number of hydrogen-bond donors (Lipinski definition) is 2. The Bertz CT molecular complexity index is 681. The van der Waals surface area contributed by atoms with Crippen molar-refractivity contribution in [1.29, 1.82) is 0 Å². The highest BCUT2D eigenvalue weighted by atomic mass is 35.5. The molecule has 1 aromatic rings. The molecule has 1 aliphatic rings. The number of amides is 3. The number of nitrogen functional groups attached to an aromatic ring is 1. The number of carbonyl (C=O) groups excluding carboxylic acids is 4. The van der Waals surface area contributed by atoms with Crippen LogP contribution in [0.4, 0.5) is 10.5 Å². The molecule has 3 N–H and O–H groups in total. The number of ether oxygens (including phenoxy) is 1. The van der Waals surface area contributed by atoms with Crippen molar-refractivity contribution in [3.05, 3.63) is 28.8 Å². The fraction of sp³-hybridized carbons (Fsp3) is 0.286. The topological polar surface area (TPSA) is 119 Å². The molecule has 8 nitrogen and oxygen atoms in total. The number of nitrogens with one attached hydrogen (secondary N) is 1. The lowest BCUT2D eigenvalue weighted by atomic mass is 10.2. The van der Waals surface area contributed by atoms with E-state index in [0.717, 1.165) is 16.7 Å². The zero-order chi connectivity index (χ0) is 17.7. The summed E-state index contributed by atoms with van der Waals surface area (Å²) in [7, 11) is 0. The largest absolute Gasteiger partial charge is 0.452 e. The van der Waals surface area contributed by atoms with Crippen molar-refractivity contribution in [3.8, 4) is 0 Å². The molecular weight excluding hydrogens is 358 g/mol. The van der Waals surface area contributed by atoms with Gasteiger partial charge in [0.05, 0.1) is 11.3 Å². The SMILES string of the molecule is Nc1ccc(Cl)cc1C(=O)OCC(=O)NCCN1C(=O)CSC1=O. The van der Waals surface area contributed by atoms with Crippen molar-refractivity contribution in [2.45, 2.75) is 0 Å². The Morgan fingerprint density at radius 1 is 1.38 bits per heavy atom. The van der Waals surface area contributed by atoms with Gasteiger partial charge in [0, 0.05) is 23.8 Å². The van der Waals surface area contributed by atoms with E-state index in [4.69, 9.17) is 22.1 Å². The van der Waals surface area contributed by atoms with Crippen LogP contribution < -0.4 is 11.1 Å². The zero-order valence-corrected chi connectivity index (χ0v) is 14.0. The van der Waals surface area contributed by atoms with Gasteiger partial charge in [-0.15, -0.1) is 0 Å². The van der Waals surface area contributed by atoms with E-state index in [-0.39, 0.29) is 41.2 Å². The second-order valence-electron chi connectivity index (χ2n) is 4.76. The molecule has 0 aromatic heterocycles. The molecule has 0 unspecified atom stereocenters. The third-order valence-electron chi connectivity index (χ3n) is 3.07. The van der Waals surface area contributed by atoms with Crippen LogP contribution in [-0.4, -0.2) is 53.4 Å². The molecule has 0 aliphatic carbocycles. The third-order valence-corrected chi connectivity index (χ3v) is 4.16. The first kappa shape index (κ1) is 18.1. The van der Waals surface area contributed by atoms with Crippen LogP contribution >= 0.6 is 23.4 Å². The van der Waals surface area contributed by atoms with E-state index in [1.165, 1.54) is 18.2 Å². The average molecular weight is 372 g/mol. The first-order chi connectivity index (χ1) is 11.4. The number of esters is 1. The van der Waals surface area contributed by atoms with Gasteiger partial charge in [-0.2, -0.15) is 0 Å². The smallest absolute Gasteiger partial charge is 0.340 e. The predicted molar refractivity (Wildman–Crippen MR) is 88.7 cm³/mol. The van der Waals surface area contributed by atoms with Crippen LogP contribution in [0.15, 0.2) is 18.2 Å². The summed E-state index contributed by atoms with van der Waals surface area (Å²) in [6, 6.07) is 4.33. The zero-order valence-electron chi connectivity index (χ0n) is 12.4. The molecule has 0 bridgehead atoms. The predicted octanol–water partition coefficient (Wildman–Crippen LogP) is 0.891. The minimum atomic E-state index is -0.772. The highest BCUT2D eigenvalue weighted by Gasteiger charge is 2.29. The quantitative estimate of drug-likeness (QED) is 0.563. The lowest BCUT2D eigenvalue weighted by Crippen LogP contribution is -2.38. The monoisotopic (exact) mass is 371 g/mol. The highest BCUT2D eigenvalue weighted by Crippen LogP contribution is 2.19. The summed E-state index contributed by atoms with van der Waals surface area (Å²) in [4.78, 5) is 47.3. The van der Waals surface area contributed by atoms with Gasteiger partial charge in [-0.1, -0.05) is 23.4 Å². The number of benzene rings is 1. The van der Waals surface area contributed by atoms with Crippen LogP contribution in [0.5, 0.6) is 0 Å². The first-order valence-corrected chi connectivity index (χ1v) is 8.21. The molecule has 1 fully saturated rings. The maximum Gasteiger partial charge on any atom is 0.340 e.